The van der Waals surface area contributed by atoms with Crippen LogP contribution < -0.4 is 5.32 Å². The summed E-state index contributed by atoms with van der Waals surface area (Å²) in [6.45, 7) is 5.20. The van der Waals surface area contributed by atoms with E-state index in [0.717, 1.165) is 30.3 Å². The highest BCUT2D eigenvalue weighted by Crippen LogP contribution is 2.27. The van der Waals surface area contributed by atoms with Gasteiger partial charge in [0.15, 0.2) is 5.78 Å². The fourth-order valence-electron chi connectivity index (χ4n) is 3.09. The van der Waals surface area contributed by atoms with Crippen LogP contribution in [-0.4, -0.2) is 22.9 Å². The molecule has 2 heterocycles. The van der Waals surface area contributed by atoms with E-state index in [4.69, 9.17) is 0 Å². The molecule has 1 atom stereocenters. The number of hydrogen-bond donors (Lipinski definition) is 1. The molecule has 1 aromatic carbocycles. The van der Waals surface area contributed by atoms with Crippen LogP contribution in [0.1, 0.15) is 34.3 Å². The van der Waals surface area contributed by atoms with Crippen LogP contribution in [0, 0.1) is 13.8 Å². The van der Waals surface area contributed by atoms with Gasteiger partial charge in [-0.05, 0) is 44.4 Å². The number of rotatable bonds is 2. The van der Waals surface area contributed by atoms with Gasteiger partial charge in [0.05, 0.1) is 11.6 Å². The predicted molar refractivity (Wildman–Crippen MR) is 77.7 cm³/mol. The SMILES string of the molecule is Cc1ccc2c(C(=O)C3CCCN3)cn(C)c2c1C. The number of fused-ring (bicyclic) bond motifs is 1. The van der Waals surface area contributed by atoms with Crippen LogP contribution in [0.5, 0.6) is 0 Å². The molecule has 1 unspecified atom stereocenters. The first-order chi connectivity index (χ1) is 9.09. The van der Waals surface area contributed by atoms with Crippen molar-refractivity contribution in [3.8, 4) is 0 Å². The van der Waals surface area contributed by atoms with Gasteiger partial charge in [0.2, 0.25) is 0 Å². The van der Waals surface area contributed by atoms with E-state index < -0.39 is 0 Å². The lowest BCUT2D eigenvalue weighted by atomic mass is 9.99. The van der Waals surface area contributed by atoms with Gasteiger partial charge in [0.25, 0.3) is 0 Å². The quantitative estimate of drug-likeness (QED) is 0.838. The number of benzene rings is 1. The van der Waals surface area contributed by atoms with Gasteiger partial charge in [0, 0.05) is 24.2 Å². The van der Waals surface area contributed by atoms with E-state index >= 15 is 0 Å². The Morgan fingerprint density at radius 3 is 2.84 bits per heavy atom. The minimum Gasteiger partial charge on any atom is -0.350 e. The Morgan fingerprint density at radius 2 is 2.16 bits per heavy atom. The molecule has 1 saturated heterocycles. The van der Waals surface area contributed by atoms with Crippen molar-refractivity contribution >= 4 is 16.7 Å². The Kier molecular flexibility index (Phi) is 2.94. The minimum absolute atomic E-state index is 0.00668. The zero-order valence-electron chi connectivity index (χ0n) is 11.8. The highest BCUT2D eigenvalue weighted by molar-refractivity contribution is 6.11. The highest BCUT2D eigenvalue weighted by Gasteiger charge is 2.26. The third-order valence-electron chi connectivity index (χ3n) is 4.31. The second kappa shape index (κ2) is 4.49. The van der Waals surface area contributed by atoms with Crippen molar-refractivity contribution in [3.05, 3.63) is 35.0 Å². The minimum atomic E-state index is 0.00668. The van der Waals surface area contributed by atoms with Crippen LogP contribution in [-0.2, 0) is 7.05 Å². The summed E-state index contributed by atoms with van der Waals surface area (Å²) in [5, 5.41) is 4.38. The molecule has 3 rings (SSSR count). The molecule has 1 aliphatic heterocycles. The van der Waals surface area contributed by atoms with E-state index in [1.807, 2.05) is 13.2 Å². The van der Waals surface area contributed by atoms with E-state index in [1.165, 1.54) is 16.6 Å². The summed E-state index contributed by atoms with van der Waals surface area (Å²) in [5.74, 6) is 0.242. The molecule has 1 N–H and O–H groups in total. The first-order valence-electron chi connectivity index (χ1n) is 6.92. The van der Waals surface area contributed by atoms with E-state index in [1.54, 1.807) is 0 Å². The van der Waals surface area contributed by atoms with Gasteiger partial charge in [0.1, 0.15) is 0 Å². The van der Waals surface area contributed by atoms with E-state index in [2.05, 4.69) is 35.9 Å². The number of ketones is 1. The average Bonchev–Trinajstić information content (AvgIpc) is 3.01. The maximum Gasteiger partial charge on any atom is 0.181 e. The Labute approximate surface area is 113 Å². The molecule has 1 aromatic heterocycles. The van der Waals surface area contributed by atoms with Crippen molar-refractivity contribution in [2.75, 3.05) is 6.54 Å². The summed E-state index contributed by atoms with van der Waals surface area (Å²) in [6, 6.07) is 4.20. The van der Waals surface area contributed by atoms with Crippen LogP contribution >= 0.6 is 0 Å². The Morgan fingerprint density at radius 1 is 1.37 bits per heavy atom. The van der Waals surface area contributed by atoms with E-state index in [-0.39, 0.29) is 11.8 Å². The molecule has 0 spiro atoms. The van der Waals surface area contributed by atoms with Gasteiger partial charge in [-0.15, -0.1) is 0 Å². The molecule has 0 saturated carbocycles. The van der Waals surface area contributed by atoms with Crippen LogP contribution in [0.3, 0.4) is 0 Å². The molecule has 3 heteroatoms. The third kappa shape index (κ3) is 1.89. The summed E-state index contributed by atoms with van der Waals surface area (Å²) in [7, 11) is 2.02. The lowest BCUT2D eigenvalue weighted by molar-refractivity contribution is 0.0954. The van der Waals surface area contributed by atoms with Gasteiger partial charge in [-0.2, -0.15) is 0 Å². The third-order valence-corrected chi connectivity index (χ3v) is 4.31. The van der Waals surface area contributed by atoms with Crippen LogP contribution in [0.4, 0.5) is 0 Å². The van der Waals surface area contributed by atoms with Crippen molar-refractivity contribution in [1.82, 2.24) is 9.88 Å². The van der Waals surface area contributed by atoms with Crippen LogP contribution in [0.25, 0.3) is 10.9 Å². The number of Topliss-reactive ketones (excluding diaryl/α,β-unsaturated/α-hetero) is 1. The van der Waals surface area contributed by atoms with Gasteiger partial charge in [-0.25, -0.2) is 0 Å². The van der Waals surface area contributed by atoms with Crippen molar-refractivity contribution in [2.45, 2.75) is 32.7 Å². The maximum atomic E-state index is 12.6. The molecule has 1 aliphatic rings. The predicted octanol–water partition coefficient (Wildman–Crippen LogP) is 2.73. The zero-order valence-corrected chi connectivity index (χ0v) is 11.8. The van der Waals surface area contributed by atoms with Gasteiger partial charge in [-0.3, -0.25) is 4.79 Å². The average molecular weight is 256 g/mol. The van der Waals surface area contributed by atoms with E-state index in [0.29, 0.717) is 0 Å². The van der Waals surface area contributed by atoms with Gasteiger partial charge >= 0.3 is 0 Å². The fourth-order valence-corrected chi connectivity index (χ4v) is 3.09. The number of carbonyl (C=O) groups is 1. The largest absolute Gasteiger partial charge is 0.350 e. The molecule has 0 radical (unpaired) electrons. The second-order valence-corrected chi connectivity index (χ2v) is 5.57. The molecule has 0 bridgehead atoms. The smallest absolute Gasteiger partial charge is 0.181 e. The second-order valence-electron chi connectivity index (χ2n) is 5.57. The molecule has 1 fully saturated rings. The number of nitrogens with zero attached hydrogens (tertiary/aromatic N) is 1. The van der Waals surface area contributed by atoms with Gasteiger partial charge < -0.3 is 9.88 Å². The van der Waals surface area contributed by atoms with Crippen LogP contribution in [0.15, 0.2) is 18.3 Å². The summed E-state index contributed by atoms with van der Waals surface area (Å²) >= 11 is 0. The molecule has 100 valence electrons. The standard InChI is InChI=1S/C16H20N2O/c1-10-6-7-12-13(9-18(3)15(12)11(10)2)16(19)14-5-4-8-17-14/h6-7,9,14,17H,4-5,8H2,1-3H3. The highest BCUT2D eigenvalue weighted by atomic mass is 16.1. The number of hydrogen-bond acceptors (Lipinski definition) is 2. The van der Waals surface area contributed by atoms with Crippen molar-refractivity contribution in [1.29, 1.82) is 0 Å². The lowest BCUT2D eigenvalue weighted by Gasteiger charge is -2.08. The summed E-state index contributed by atoms with van der Waals surface area (Å²) < 4.78 is 2.08. The molecule has 0 amide bonds. The molecule has 3 nitrogen and oxygen atoms in total. The van der Waals surface area contributed by atoms with E-state index in [9.17, 15) is 4.79 Å². The first kappa shape index (κ1) is 12.4. The Balaban J connectivity index is 2.15. The van der Waals surface area contributed by atoms with Crippen LogP contribution in [0.2, 0.25) is 0 Å². The number of carbonyl (C=O) groups excluding carboxylic acids is 1. The van der Waals surface area contributed by atoms with Crippen molar-refractivity contribution in [2.24, 2.45) is 7.05 Å². The molecule has 19 heavy (non-hydrogen) atoms. The molecule has 0 aliphatic carbocycles. The topological polar surface area (TPSA) is 34.0 Å². The Bertz CT molecular complexity index is 648. The molecular formula is C16H20N2O. The monoisotopic (exact) mass is 256 g/mol. The number of nitrogens with one attached hydrogen (secondary N) is 1. The zero-order chi connectivity index (χ0) is 13.6. The molecular weight excluding hydrogens is 236 g/mol. The maximum absolute atomic E-state index is 12.6. The normalized spacial score (nSPS) is 19.2. The number of aryl methyl sites for hydroxylation is 3. The van der Waals surface area contributed by atoms with Crippen molar-refractivity contribution in [3.63, 3.8) is 0 Å². The Hall–Kier alpha value is -1.61. The van der Waals surface area contributed by atoms with Gasteiger partial charge in [-0.1, -0.05) is 12.1 Å². The summed E-state index contributed by atoms with van der Waals surface area (Å²) in [6.07, 6.45) is 4.04. The summed E-state index contributed by atoms with van der Waals surface area (Å²) in [4.78, 5) is 12.6. The van der Waals surface area contributed by atoms with Crippen molar-refractivity contribution < 1.29 is 4.79 Å². The molecule has 2 aromatic rings. The first-order valence-corrected chi connectivity index (χ1v) is 6.92. The summed E-state index contributed by atoms with van der Waals surface area (Å²) in [5.41, 5.74) is 4.58. The lowest BCUT2D eigenvalue weighted by Crippen LogP contribution is -2.30. The fraction of sp³-hybridized carbons (Fsp3) is 0.438. The number of aromatic nitrogens is 1.